The lowest BCUT2D eigenvalue weighted by Gasteiger charge is -2.28. The van der Waals surface area contributed by atoms with E-state index in [1.807, 2.05) is 54.7 Å². The van der Waals surface area contributed by atoms with Gasteiger partial charge in [0.25, 0.3) is 5.91 Å². The number of rotatable bonds is 6. The molecule has 2 aliphatic heterocycles. The summed E-state index contributed by atoms with van der Waals surface area (Å²) in [6.07, 6.45) is 7.88. The lowest BCUT2D eigenvalue weighted by atomic mass is 10.0. The highest BCUT2D eigenvalue weighted by molar-refractivity contribution is 5.95. The molecule has 4 aromatic rings. The molecule has 186 valence electrons. The predicted octanol–water partition coefficient (Wildman–Crippen LogP) is 3.39. The van der Waals surface area contributed by atoms with E-state index in [2.05, 4.69) is 25.1 Å². The first-order valence-corrected chi connectivity index (χ1v) is 12.4. The van der Waals surface area contributed by atoms with E-state index in [1.54, 1.807) is 18.6 Å². The largest absolute Gasteiger partial charge is 0.378 e. The summed E-state index contributed by atoms with van der Waals surface area (Å²) >= 11 is 0. The highest BCUT2D eigenvalue weighted by Gasteiger charge is 2.29. The minimum Gasteiger partial charge on any atom is -0.378 e. The highest BCUT2D eigenvalue weighted by Crippen LogP contribution is 2.39. The quantitative estimate of drug-likeness (QED) is 0.437. The number of hydrogen-bond acceptors (Lipinski definition) is 8. The average molecular weight is 494 g/mol. The van der Waals surface area contributed by atoms with Crippen molar-refractivity contribution in [2.45, 2.75) is 13.0 Å². The number of fused-ring (bicyclic) bond motifs is 1. The van der Waals surface area contributed by atoms with Crippen LogP contribution in [0.15, 0.2) is 73.3 Å². The van der Waals surface area contributed by atoms with Crippen LogP contribution in [-0.2, 0) is 17.7 Å². The van der Waals surface area contributed by atoms with Gasteiger partial charge in [-0.2, -0.15) is 4.98 Å². The molecule has 0 aliphatic carbocycles. The van der Waals surface area contributed by atoms with Crippen molar-refractivity contribution in [1.82, 2.24) is 25.3 Å². The summed E-state index contributed by atoms with van der Waals surface area (Å²) in [6, 6.07) is 15.4. The molecular formula is C28H27N7O2. The van der Waals surface area contributed by atoms with Crippen LogP contribution in [0.2, 0.25) is 0 Å². The van der Waals surface area contributed by atoms with Gasteiger partial charge in [0.05, 0.1) is 30.8 Å². The van der Waals surface area contributed by atoms with E-state index < -0.39 is 0 Å². The van der Waals surface area contributed by atoms with E-state index in [0.29, 0.717) is 31.3 Å². The standard InChI is InChI=1S/C28H27N7O2/c36-27(31-18-20-6-10-29-11-7-20)22-4-1-3-21(17-22)25-24-8-12-35(23-5-2-9-30-19-23)26(24)33-28(32-25)34-13-15-37-16-14-34/h1-7,9-11,17,19H,8,12-16,18H2,(H,31,36). The summed E-state index contributed by atoms with van der Waals surface area (Å²) in [5.74, 6) is 1.45. The fourth-order valence-electron chi connectivity index (χ4n) is 4.74. The van der Waals surface area contributed by atoms with Crippen LogP contribution >= 0.6 is 0 Å². The average Bonchev–Trinajstić information content (AvgIpc) is 3.41. The normalized spacial score (nSPS) is 14.9. The van der Waals surface area contributed by atoms with E-state index in [4.69, 9.17) is 14.7 Å². The number of ether oxygens (including phenoxy) is 1. The second-order valence-corrected chi connectivity index (χ2v) is 9.01. The molecule has 1 N–H and O–H groups in total. The zero-order chi connectivity index (χ0) is 25.0. The lowest BCUT2D eigenvalue weighted by Crippen LogP contribution is -2.37. The van der Waals surface area contributed by atoms with Gasteiger partial charge < -0.3 is 19.9 Å². The molecule has 3 aromatic heterocycles. The Balaban J connectivity index is 1.36. The molecule has 2 aliphatic rings. The van der Waals surface area contributed by atoms with Gasteiger partial charge in [0.15, 0.2) is 0 Å². The third-order valence-electron chi connectivity index (χ3n) is 6.67. The topological polar surface area (TPSA) is 96.4 Å². The minimum absolute atomic E-state index is 0.130. The SMILES string of the molecule is O=C(NCc1ccncc1)c1cccc(-c2nc(N3CCOCC3)nc3c2CCN3c2cccnc2)c1. The number of carbonyl (C=O) groups is 1. The summed E-state index contributed by atoms with van der Waals surface area (Å²) in [5, 5.41) is 3.00. The maximum atomic E-state index is 13.0. The summed E-state index contributed by atoms with van der Waals surface area (Å²) in [6.45, 7) is 4.01. The molecule has 5 heterocycles. The predicted molar refractivity (Wildman–Crippen MR) is 141 cm³/mol. The molecule has 1 saturated heterocycles. The Labute approximate surface area is 215 Å². The van der Waals surface area contributed by atoms with Crippen molar-refractivity contribution in [1.29, 1.82) is 0 Å². The number of benzene rings is 1. The monoisotopic (exact) mass is 493 g/mol. The zero-order valence-corrected chi connectivity index (χ0v) is 20.4. The van der Waals surface area contributed by atoms with Crippen molar-refractivity contribution in [2.75, 3.05) is 42.6 Å². The Bertz CT molecular complexity index is 1390. The number of amides is 1. The van der Waals surface area contributed by atoms with Crippen LogP contribution < -0.4 is 15.1 Å². The number of nitrogens with one attached hydrogen (secondary N) is 1. The summed E-state index contributed by atoms with van der Waals surface area (Å²) in [7, 11) is 0. The van der Waals surface area contributed by atoms with Crippen LogP contribution in [0.1, 0.15) is 21.5 Å². The van der Waals surface area contributed by atoms with Crippen molar-refractivity contribution in [2.24, 2.45) is 0 Å². The third-order valence-corrected chi connectivity index (χ3v) is 6.67. The van der Waals surface area contributed by atoms with Crippen molar-refractivity contribution in [3.63, 3.8) is 0 Å². The minimum atomic E-state index is -0.130. The molecule has 9 nitrogen and oxygen atoms in total. The second kappa shape index (κ2) is 10.3. The maximum Gasteiger partial charge on any atom is 0.251 e. The molecule has 0 bridgehead atoms. The molecule has 0 unspecified atom stereocenters. The van der Waals surface area contributed by atoms with Gasteiger partial charge in [-0.3, -0.25) is 14.8 Å². The van der Waals surface area contributed by atoms with Crippen LogP contribution in [-0.4, -0.2) is 58.7 Å². The van der Waals surface area contributed by atoms with Crippen LogP contribution in [0.4, 0.5) is 17.5 Å². The van der Waals surface area contributed by atoms with Gasteiger partial charge in [-0.25, -0.2) is 4.98 Å². The summed E-state index contributed by atoms with van der Waals surface area (Å²) in [4.78, 5) is 35.7. The van der Waals surface area contributed by atoms with Gasteiger partial charge in [0.1, 0.15) is 5.82 Å². The molecule has 0 saturated carbocycles. The van der Waals surface area contributed by atoms with Crippen molar-refractivity contribution in [3.8, 4) is 11.3 Å². The fourth-order valence-corrected chi connectivity index (χ4v) is 4.74. The molecule has 0 radical (unpaired) electrons. The van der Waals surface area contributed by atoms with Crippen LogP contribution in [0.25, 0.3) is 11.3 Å². The molecule has 0 spiro atoms. The molecule has 1 aromatic carbocycles. The van der Waals surface area contributed by atoms with Crippen LogP contribution in [0, 0.1) is 0 Å². The number of nitrogens with zero attached hydrogens (tertiary/aromatic N) is 6. The van der Waals surface area contributed by atoms with Crippen molar-refractivity contribution >= 4 is 23.4 Å². The number of morpholine rings is 1. The summed E-state index contributed by atoms with van der Waals surface area (Å²) in [5.41, 5.74) is 5.44. The lowest BCUT2D eigenvalue weighted by molar-refractivity contribution is 0.0951. The van der Waals surface area contributed by atoms with Crippen LogP contribution in [0.3, 0.4) is 0 Å². The van der Waals surface area contributed by atoms with Gasteiger partial charge in [-0.1, -0.05) is 12.1 Å². The fraction of sp³-hybridized carbons (Fsp3) is 0.250. The molecule has 6 rings (SSSR count). The van der Waals surface area contributed by atoms with Gasteiger partial charge >= 0.3 is 0 Å². The smallest absolute Gasteiger partial charge is 0.251 e. The number of carbonyl (C=O) groups excluding carboxylic acids is 1. The Morgan fingerprint density at radius 2 is 1.81 bits per heavy atom. The van der Waals surface area contributed by atoms with Gasteiger partial charge in [-0.05, 0) is 48.4 Å². The van der Waals surface area contributed by atoms with Gasteiger partial charge in [-0.15, -0.1) is 0 Å². The Morgan fingerprint density at radius 3 is 2.62 bits per heavy atom. The molecule has 9 heteroatoms. The van der Waals surface area contributed by atoms with Crippen molar-refractivity contribution < 1.29 is 9.53 Å². The number of aromatic nitrogens is 4. The van der Waals surface area contributed by atoms with Crippen molar-refractivity contribution in [3.05, 3.63) is 90.0 Å². The first-order chi connectivity index (χ1) is 18.3. The van der Waals surface area contributed by atoms with Crippen LogP contribution in [0.5, 0.6) is 0 Å². The maximum absolute atomic E-state index is 13.0. The molecule has 1 fully saturated rings. The number of hydrogen-bond donors (Lipinski definition) is 1. The second-order valence-electron chi connectivity index (χ2n) is 9.01. The van der Waals surface area contributed by atoms with Gasteiger partial charge in [0.2, 0.25) is 5.95 Å². The Hall–Kier alpha value is -4.37. The first-order valence-electron chi connectivity index (χ1n) is 12.4. The molecule has 1 amide bonds. The molecule has 37 heavy (non-hydrogen) atoms. The van der Waals surface area contributed by atoms with E-state index in [9.17, 15) is 4.79 Å². The molecular weight excluding hydrogens is 466 g/mol. The zero-order valence-electron chi connectivity index (χ0n) is 20.4. The van der Waals surface area contributed by atoms with Gasteiger partial charge in [0, 0.05) is 61.5 Å². The number of anilines is 3. The van der Waals surface area contributed by atoms with E-state index in [0.717, 1.165) is 59.9 Å². The number of pyridine rings is 2. The molecule has 0 atom stereocenters. The third kappa shape index (κ3) is 4.85. The summed E-state index contributed by atoms with van der Waals surface area (Å²) < 4.78 is 5.55. The van der Waals surface area contributed by atoms with E-state index in [1.165, 1.54) is 0 Å². The van der Waals surface area contributed by atoms with E-state index >= 15 is 0 Å². The first kappa shape index (κ1) is 23.1. The highest BCUT2D eigenvalue weighted by atomic mass is 16.5. The Morgan fingerprint density at radius 1 is 0.946 bits per heavy atom. The Kier molecular flexibility index (Phi) is 6.43. The van der Waals surface area contributed by atoms with E-state index in [-0.39, 0.29) is 5.91 Å².